The van der Waals surface area contributed by atoms with E-state index in [9.17, 15) is 76.7 Å². The first-order valence-electron chi connectivity index (χ1n) is 31.1. The van der Waals surface area contributed by atoms with Crippen LogP contribution in [0.1, 0.15) is 55.2 Å². The number of ether oxygens (including phenoxy) is 4. The Morgan fingerprint density at radius 2 is 1.05 bits per heavy atom. The van der Waals surface area contributed by atoms with Gasteiger partial charge in [-0.25, -0.2) is 4.79 Å². The zero-order valence-corrected chi connectivity index (χ0v) is 57.8. The van der Waals surface area contributed by atoms with Crippen LogP contribution in [0.25, 0.3) is 0 Å². The number of alkyl halides is 3. The van der Waals surface area contributed by atoms with Crippen LogP contribution in [-0.2, 0) is 68.6 Å². The number of phenolic OH excluding ortho intramolecular Hbond substituents is 1. The predicted molar refractivity (Wildman–Crippen MR) is 342 cm³/mol. The number of carboxylic acid groups (broad SMARTS) is 4. The van der Waals surface area contributed by atoms with E-state index in [1.165, 1.54) is 12.1 Å². The summed E-state index contributed by atoms with van der Waals surface area (Å²) in [5, 5.41) is 70.2. The number of carboxylic acids is 4. The van der Waals surface area contributed by atoms with Gasteiger partial charge in [0.2, 0.25) is 29.5 Å². The number of hydrogen-bond donors (Lipinski definition) is 10. The van der Waals surface area contributed by atoms with Crippen LogP contribution in [0.4, 0.5) is 23.7 Å². The number of aromatic hydroxyl groups is 1. The number of aliphatic imine (C=N–C) groups is 1. The van der Waals surface area contributed by atoms with Crippen LogP contribution in [0.5, 0.6) is 5.75 Å². The number of benzene rings is 3. The Morgan fingerprint density at radius 3 is 1.56 bits per heavy atom. The van der Waals surface area contributed by atoms with Crippen molar-refractivity contribution >= 4 is 96.9 Å². The van der Waals surface area contributed by atoms with Gasteiger partial charge in [0, 0.05) is 110 Å². The molecule has 0 saturated carbocycles. The van der Waals surface area contributed by atoms with Gasteiger partial charge < -0.3 is 102 Å². The molecule has 1 unspecified atom stereocenters. The molecule has 3 aromatic rings. The number of aliphatic carboxylic acids is 4. The van der Waals surface area contributed by atoms with Crippen molar-refractivity contribution in [2.75, 3.05) is 163 Å². The van der Waals surface area contributed by atoms with E-state index in [2.05, 4.69) is 42.2 Å². The Labute approximate surface area is 583 Å². The Balaban J connectivity index is 0.00000386. The summed E-state index contributed by atoms with van der Waals surface area (Å²) >= 11 is 0. The summed E-state index contributed by atoms with van der Waals surface area (Å²) in [5.74, 6) is -9.28. The molecule has 1 fully saturated rings. The molecule has 32 nitrogen and oxygen atoms in total. The largest absolute Gasteiger partial charge is 3.00 e. The number of anilines is 1. The monoisotopic (exact) mass is 1490 g/mol. The molecule has 0 bridgehead atoms. The molecule has 11 N–H and O–H groups in total. The number of urea groups is 1. The van der Waals surface area contributed by atoms with Gasteiger partial charge in [-0.3, -0.25) is 48.4 Å². The number of halogens is 3. The van der Waals surface area contributed by atoms with Crippen molar-refractivity contribution in [3.63, 3.8) is 0 Å². The fourth-order valence-electron chi connectivity index (χ4n) is 9.00. The SMILES string of the molecule is CCC(=O)NCCNC(=O)/N=C(/N)NCCCC(NC(=O)[C@H](c1ccccc1)c1ccc(NC(=O)CCOCCOCCOCCOCCNC(=O)CN2CCN(CC(=O)[O-])CCN(CC(=O)[O-])CCN(CC(=O)O)CC2)cc1)C(=O)NCc1ccc(O)cc1.O=C([O-])C(F)(F)F.[In+3]. The molecular weight excluding hydrogens is 1400 g/mol. The van der Waals surface area contributed by atoms with Gasteiger partial charge in [-0.15, -0.1) is 0 Å². The third-order valence-corrected chi connectivity index (χ3v) is 14.0. The summed E-state index contributed by atoms with van der Waals surface area (Å²) < 4.78 is 53.8. The molecular formula is C62H87F3InN13O19. The summed E-state index contributed by atoms with van der Waals surface area (Å²) in [7, 11) is 0. The predicted octanol–water partition coefficient (Wildman–Crippen LogP) is -4.52. The van der Waals surface area contributed by atoms with E-state index in [1.807, 2.05) is 6.07 Å². The Hall–Kier alpha value is -8.23. The second kappa shape index (κ2) is 49.3. The first-order valence-corrected chi connectivity index (χ1v) is 31.1. The van der Waals surface area contributed by atoms with Gasteiger partial charge in [-0.2, -0.15) is 18.2 Å². The van der Waals surface area contributed by atoms with Crippen molar-refractivity contribution < 1.29 is 106 Å². The minimum absolute atomic E-state index is 0. The first-order chi connectivity index (χ1) is 46.3. The molecule has 2 atom stereocenters. The molecule has 0 aliphatic carbocycles. The summed E-state index contributed by atoms with van der Waals surface area (Å²) in [6.45, 7) is 5.44. The Kier molecular flexibility index (Phi) is 43.2. The minimum Gasteiger partial charge on any atom is -0.549 e. The van der Waals surface area contributed by atoms with E-state index in [0.29, 0.717) is 36.2 Å². The number of nitrogens with one attached hydrogen (secondary N) is 7. The number of amides is 7. The normalized spacial score (nSPS) is 14.2. The van der Waals surface area contributed by atoms with Crippen LogP contribution < -0.4 is 58.3 Å². The molecule has 1 aliphatic heterocycles. The molecule has 7 amide bonds. The average molecular weight is 1490 g/mol. The maximum absolute atomic E-state index is 14.3. The molecule has 0 spiro atoms. The number of carbonyl (C=O) groups excluding carboxylic acids is 9. The zero-order valence-electron chi connectivity index (χ0n) is 54.5. The van der Waals surface area contributed by atoms with Crippen molar-refractivity contribution in [2.45, 2.75) is 57.3 Å². The van der Waals surface area contributed by atoms with Crippen LogP contribution in [0.2, 0.25) is 0 Å². The quantitative estimate of drug-likeness (QED) is 0.0146. The molecule has 4 rings (SSSR count). The summed E-state index contributed by atoms with van der Waals surface area (Å²) in [5.41, 5.74) is 8.38. The van der Waals surface area contributed by atoms with Crippen molar-refractivity contribution in [1.82, 2.24) is 51.5 Å². The zero-order chi connectivity index (χ0) is 71.4. The molecule has 0 radical (unpaired) electrons. The third-order valence-electron chi connectivity index (χ3n) is 14.0. The molecule has 3 aromatic carbocycles. The van der Waals surface area contributed by atoms with Gasteiger partial charge in [-0.05, 0) is 53.8 Å². The van der Waals surface area contributed by atoms with Crippen molar-refractivity contribution in [3.05, 3.63) is 95.6 Å². The van der Waals surface area contributed by atoms with E-state index in [4.69, 9.17) is 34.6 Å². The van der Waals surface area contributed by atoms with Gasteiger partial charge >= 0.3 is 44.0 Å². The standard InChI is InChI=1S/C60H89N13O17.C2HF3O2.In/c1-2-50(75)62-20-21-65-60(86)69-59(61)64-19-6-9-49(57(84)66-39-44-10-16-48(74)17-11-44)68-58(85)56(45-7-4-3-5-8-45)46-12-14-47(15-13-46)67-51(76)18-31-87-33-35-89-37-38-90-36-34-88-32-22-63-52(77)40-70-23-25-71(41-53(78)79)27-29-73(43-55(82)83)30-28-72(26-24-70)42-54(80)81;3-2(4,5)1(6)7;/h3-5,7-8,10-17,49,56,74H,2,6,9,18-43H2,1H3,(H,62,75)(H,63,77)(H,66,84)(H,67,76)(H,68,85)(H,78,79)(H,80,81)(H,82,83)(H4,61,64,65,69,86);(H,6,7);/q;;+3/p-3/t49?,56-;;/m1../s1. The van der Waals surface area contributed by atoms with Gasteiger partial charge in [0.15, 0.2) is 5.96 Å². The topological polar surface area (TPSA) is 453 Å². The van der Waals surface area contributed by atoms with Gasteiger partial charge in [0.25, 0.3) is 0 Å². The number of rotatable bonds is 39. The van der Waals surface area contributed by atoms with Gasteiger partial charge in [0.1, 0.15) is 17.8 Å². The van der Waals surface area contributed by atoms with Crippen molar-refractivity contribution in [1.29, 1.82) is 0 Å². The second-order valence-electron chi connectivity index (χ2n) is 21.5. The maximum atomic E-state index is 14.3. The molecule has 36 heteroatoms. The van der Waals surface area contributed by atoms with Crippen LogP contribution in [0.3, 0.4) is 0 Å². The molecule has 0 aromatic heterocycles. The summed E-state index contributed by atoms with van der Waals surface area (Å²) in [6.07, 6.45) is -4.33. The van der Waals surface area contributed by atoms with Crippen molar-refractivity contribution in [3.8, 4) is 5.75 Å². The van der Waals surface area contributed by atoms with Crippen LogP contribution in [0.15, 0.2) is 83.9 Å². The number of nitrogens with zero attached hydrogens (tertiary/aromatic N) is 5. The smallest absolute Gasteiger partial charge is 0.549 e. The first kappa shape index (κ1) is 85.9. The van der Waals surface area contributed by atoms with Gasteiger partial charge in [-0.1, -0.05) is 61.5 Å². The van der Waals surface area contributed by atoms with E-state index >= 15 is 0 Å². The number of guanidine groups is 1. The van der Waals surface area contributed by atoms with E-state index in [0.717, 1.165) is 5.56 Å². The van der Waals surface area contributed by atoms with Crippen molar-refractivity contribution in [2.24, 2.45) is 10.7 Å². The Bertz CT molecular complexity index is 2920. The van der Waals surface area contributed by atoms with Crippen LogP contribution in [0, 0.1) is 0 Å². The number of phenols is 1. The fraction of sp³-hybridized carbons (Fsp3) is 0.532. The van der Waals surface area contributed by atoms with E-state index in [-0.39, 0.29) is 219 Å². The second-order valence-corrected chi connectivity index (χ2v) is 21.5. The van der Waals surface area contributed by atoms with Crippen LogP contribution >= 0.6 is 0 Å². The third kappa shape index (κ3) is 39.9. The van der Waals surface area contributed by atoms with E-state index < -0.39 is 66.4 Å². The maximum Gasteiger partial charge on any atom is 3.00 e. The molecule has 538 valence electrons. The average Bonchev–Trinajstić information content (AvgIpc) is 0.835. The Morgan fingerprint density at radius 1 is 0.571 bits per heavy atom. The number of hydrogen-bond acceptors (Lipinski definition) is 22. The molecule has 1 aliphatic rings. The number of nitrogens with two attached hydrogens (primary N) is 1. The summed E-state index contributed by atoms with van der Waals surface area (Å²) in [6, 6.07) is 20.4. The molecule has 1 heterocycles. The molecule has 1 saturated heterocycles. The summed E-state index contributed by atoms with van der Waals surface area (Å²) in [4.78, 5) is 131. The van der Waals surface area contributed by atoms with Gasteiger partial charge in [0.05, 0.1) is 90.2 Å². The minimum atomic E-state index is -5.19. The fourth-order valence-corrected chi connectivity index (χ4v) is 9.00. The van der Waals surface area contributed by atoms with Crippen LogP contribution in [-0.4, -0.2) is 291 Å². The van der Waals surface area contributed by atoms with E-state index in [1.54, 1.807) is 87.2 Å². The molecule has 98 heavy (non-hydrogen) atoms. The number of carbonyl (C=O) groups is 10.